The molecule has 5 nitrogen and oxygen atoms in total. The number of carbonyl (C=O) groups excluding carboxylic acids is 1. The Morgan fingerprint density at radius 2 is 1.93 bits per heavy atom. The molecule has 1 amide bonds. The molecule has 9 heteroatoms. The number of sulfonamides is 1. The molecule has 1 N–H and O–H groups in total. The fourth-order valence-electron chi connectivity index (χ4n) is 3.17. The maximum Gasteiger partial charge on any atom is 0.263 e. The van der Waals surface area contributed by atoms with Gasteiger partial charge >= 0.3 is 0 Å². The first kappa shape index (κ1) is 19.8. The normalized spacial score (nSPS) is 14.6. The van der Waals surface area contributed by atoms with E-state index in [4.69, 9.17) is 0 Å². The fraction of sp³-hybridized carbons (Fsp3) is 0.211. The van der Waals surface area contributed by atoms with Crippen LogP contribution in [0.25, 0.3) is 0 Å². The number of rotatable bonds is 5. The molecule has 0 saturated carbocycles. The highest BCUT2D eigenvalue weighted by molar-refractivity contribution is 9.11. The molecular formula is C19H17BrN2O3S3. The minimum atomic E-state index is -3.74. The molecule has 0 unspecified atom stereocenters. The van der Waals surface area contributed by atoms with Gasteiger partial charge < -0.3 is 5.32 Å². The highest BCUT2D eigenvalue weighted by atomic mass is 79.9. The third-order valence-corrected chi connectivity index (χ3v) is 9.15. The second-order valence-corrected chi connectivity index (χ2v) is 11.7. The van der Waals surface area contributed by atoms with Gasteiger partial charge in [-0.25, -0.2) is 8.42 Å². The lowest BCUT2D eigenvalue weighted by Crippen LogP contribution is -2.36. The highest BCUT2D eigenvalue weighted by Crippen LogP contribution is 2.29. The average Bonchev–Trinajstić information content (AvgIpc) is 3.35. The van der Waals surface area contributed by atoms with E-state index in [9.17, 15) is 13.2 Å². The zero-order valence-electron chi connectivity index (χ0n) is 14.7. The molecule has 2 aromatic heterocycles. The van der Waals surface area contributed by atoms with Crippen molar-refractivity contribution in [2.75, 3.05) is 6.54 Å². The molecular weight excluding hydrogens is 480 g/mol. The van der Waals surface area contributed by atoms with E-state index < -0.39 is 10.0 Å². The van der Waals surface area contributed by atoms with Crippen molar-refractivity contribution in [3.05, 3.63) is 72.5 Å². The first-order valence-electron chi connectivity index (χ1n) is 8.62. The van der Waals surface area contributed by atoms with E-state index in [1.807, 2.05) is 36.4 Å². The molecule has 0 spiro atoms. The predicted molar refractivity (Wildman–Crippen MR) is 115 cm³/mol. The zero-order valence-corrected chi connectivity index (χ0v) is 18.8. The summed E-state index contributed by atoms with van der Waals surface area (Å²) in [6, 6.07) is 13.2. The molecule has 1 aliphatic heterocycles. The van der Waals surface area contributed by atoms with Crippen molar-refractivity contribution < 1.29 is 13.2 Å². The standard InChI is InChI=1S/C19H17BrN2O3S3/c20-17-6-5-15(27-17)11-21-19(23)18-16(8-10-26-18)28(24,25)22-9-7-13-3-1-2-4-14(13)12-22/h1-6,8,10H,7,9,11-12H2,(H,21,23). The monoisotopic (exact) mass is 496 g/mol. The topological polar surface area (TPSA) is 66.5 Å². The van der Waals surface area contributed by atoms with Gasteiger partial charge in [0.15, 0.2) is 0 Å². The summed E-state index contributed by atoms with van der Waals surface area (Å²) in [5.41, 5.74) is 2.20. The van der Waals surface area contributed by atoms with Crippen LogP contribution in [0.5, 0.6) is 0 Å². The van der Waals surface area contributed by atoms with Crippen LogP contribution in [-0.4, -0.2) is 25.2 Å². The van der Waals surface area contributed by atoms with Crippen LogP contribution in [0.1, 0.15) is 25.7 Å². The Hall–Kier alpha value is -1.52. The van der Waals surface area contributed by atoms with Crippen molar-refractivity contribution in [2.45, 2.75) is 24.4 Å². The van der Waals surface area contributed by atoms with E-state index in [0.717, 1.165) is 25.6 Å². The molecule has 3 aromatic rings. The highest BCUT2D eigenvalue weighted by Gasteiger charge is 2.32. The zero-order chi connectivity index (χ0) is 19.7. The van der Waals surface area contributed by atoms with Gasteiger partial charge in [0.1, 0.15) is 9.77 Å². The quantitative estimate of drug-likeness (QED) is 0.573. The SMILES string of the molecule is O=C(NCc1ccc(Br)s1)c1sccc1S(=O)(=O)N1CCc2ccccc2C1. The lowest BCUT2D eigenvalue weighted by atomic mass is 10.0. The number of benzene rings is 1. The van der Waals surface area contributed by atoms with Gasteiger partial charge in [-0.1, -0.05) is 24.3 Å². The lowest BCUT2D eigenvalue weighted by molar-refractivity contribution is 0.0952. The summed E-state index contributed by atoms with van der Waals surface area (Å²) < 4.78 is 28.9. The summed E-state index contributed by atoms with van der Waals surface area (Å²) in [5, 5.41) is 4.48. The molecule has 3 heterocycles. The molecule has 0 radical (unpaired) electrons. The second kappa shape index (κ2) is 8.08. The van der Waals surface area contributed by atoms with Crippen LogP contribution in [0.3, 0.4) is 0 Å². The van der Waals surface area contributed by atoms with Gasteiger partial charge in [-0.15, -0.1) is 22.7 Å². The summed E-state index contributed by atoms with van der Waals surface area (Å²) in [5.74, 6) is -0.365. The van der Waals surface area contributed by atoms with Gasteiger partial charge in [0.2, 0.25) is 10.0 Å². The Bertz CT molecular complexity index is 1120. The molecule has 146 valence electrons. The smallest absolute Gasteiger partial charge is 0.263 e. The molecule has 28 heavy (non-hydrogen) atoms. The first-order chi connectivity index (χ1) is 13.4. The van der Waals surface area contributed by atoms with Crippen molar-refractivity contribution in [3.63, 3.8) is 0 Å². The van der Waals surface area contributed by atoms with E-state index in [-0.39, 0.29) is 15.7 Å². The predicted octanol–water partition coefficient (Wildman–Crippen LogP) is 4.25. The van der Waals surface area contributed by atoms with E-state index in [0.29, 0.717) is 26.1 Å². The van der Waals surface area contributed by atoms with E-state index >= 15 is 0 Å². The second-order valence-electron chi connectivity index (χ2n) is 6.36. The molecule has 1 aliphatic rings. The molecule has 0 atom stereocenters. The van der Waals surface area contributed by atoms with Crippen LogP contribution >= 0.6 is 38.6 Å². The number of halogens is 1. The maximum atomic E-state index is 13.2. The van der Waals surface area contributed by atoms with Crippen LogP contribution < -0.4 is 5.32 Å². The average molecular weight is 497 g/mol. The number of nitrogens with one attached hydrogen (secondary N) is 1. The molecule has 0 bridgehead atoms. The fourth-order valence-corrected chi connectivity index (χ4v) is 7.33. The number of nitrogens with zero attached hydrogens (tertiary/aromatic N) is 1. The van der Waals surface area contributed by atoms with Crippen molar-refractivity contribution in [1.82, 2.24) is 9.62 Å². The Kier molecular flexibility index (Phi) is 5.71. The van der Waals surface area contributed by atoms with Crippen LogP contribution in [0, 0.1) is 0 Å². The van der Waals surface area contributed by atoms with Crippen LogP contribution in [0.4, 0.5) is 0 Å². The summed E-state index contributed by atoms with van der Waals surface area (Å²) in [6.45, 7) is 1.11. The largest absolute Gasteiger partial charge is 0.346 e. The Morgan fingerprint density at radius 1 is 1.14 bits per heavy atom. The lowest BCUT2D eigenvalue weighted by Gasteiger charge is -2.28. The molecule has 0 saturated heterocycles. The number of hydrogen-bond donors (Lipinski definition) is 1. The molecule has 1 aromatic carbocycles. The minimum absolute atomic E-state index is 0.0849. The van der Waals surface area contributed by atoms with Crippen molar-refractivity contribution in [2.24, 2.45) is 0 Å². The maximum absolute atomic E-state index is 13.2. The van der Waals surface area contributed by atoms with Gasteiger partial charge in [-0.05, 0) is 57.1 Å². The Labute approximate surface area is 180 Å². The van der Waals surface area contributed by atoms with Crippen molar-refractivity contribution >= 4 is 54.5 Å². The molecule has 0 fully saturated rings. The third-order valence-electron chi connectivity index (χ3n) is 4.60. The van der Waals surface area contributed by atoms with Gasteiger partial charge in [0.05, 0.1) is 10.3 Å². The van der Waals surface area contributed by atoms with Gasteiger partial charge in [0.25, 0.3) is 5.91 Å². The number of thiophene rings is 2. The van der Waals surface area contributed by atoms with Crippen LogP contribution in [0.2, 0.25) is 0 Å². The summed E-state index contributed by atoms with van der Waals surface area (Å²) in [4.78, 5) is 14.0. The van der Waals surface area contributed by atoms with Crippen LogP contribution in [-0.2, 0) is 29.5 Å². The minimum Gasteiger partial charge on any atom is -0.346 e. The Morgan fingerprint density at radius 3 is 2.68 bits per heavy atom. The number of fused-ring (bicyclic) bond motifs is 1. The molecule has 4 rings (SSSR count). The summed E-state index contributed by atoms with van der Waals surface area (Å²) in [7, 11) is -3.74. The van der Waals surface area contributed by atoms with Crippen molar-refractivity contribution in [3.8, 4) is 0 Å². The first-order valence-corrected chi connectivity index (χ1v) is 12.5. The van der Waals surface area contributed by atoms with Gasteiger partial charge in [0, 0.05) is 18.0 Å². The number of hydrogen-bond acceptors (Lipinski definition) is 5. The summed E-state index contributed by atoms with van der Waals surface area (Å²) >= 11 is 6.08. The van der Waals surface area contributed by atoms with Gasteiger partial charge in [-0.2, -0.15) is 4.31 Å². The Balaban J connectivity index is 1.53. The van der Waals surface area contributed by atoms with E-state index in [2.05, 4.69) is 21.2 Å². The molecule has 0 aliphatic carbocycles. The van der Waals surface area contributed by atoms with E-state index in [1.54, 1.807) is 5.38 Å². The number of amides is 1. The third kappa shape index (κ3) is 3.95. The van der Waals surface area contributed by atoms with E-state index in [1.165, 1.54) is 27.3 Å². The van der Waals surface area contributed by atoms with Crippen LogP contribution in [0.15, 0.2) is 56.5 Å². The number of carbonyl (C=O) groups is 1. The van der Waals surface area contributed by atoms with Crippen molar-refractivity contribution in [1.29, 1.82) is 0 Å². The van der Waals surface area contributed by atoms with Gasteiger partial charge in [-0.3, -0.25) is 4.79 Å². The summed E-state index contributed by atoms with van der Waals surface area (Å²) in [6.07, 6.45) is 0.675.